The lowest BCUT2D eigenvalue weighted by Crippen LogP contribution is -2.48. The van der Waals surface area contributed by atoms with Crippen LogP contribution in [0.2, 0.25) is 0 Å². The second kappa shape index (κ2) is 10.8. The summed E-state index contributed by atoms with van der Waals surface area (Å²) in [5, 5.41) is 5.18. The third-order valence-electron chi connectivity index (χ3n) is 6.96. The molecule has 2 fully saturated rings. The Kier molecular flexibility index (Phi) is 7.75. The van der Waals surface area contributed by atoms with Gasteiger partial charge in [-0.2, -0.15) is 0 Å². The van der Waals surface area contributed by atoms with Gasteiger partial charge in [0.1, 0.15) is 11.8 Å². The molecule has 2 aliphatic rings. The highest BCUT2D eigenvalue weighted by atomic mass is 32.2. The van der Waals surface area contributed by atoms with Crippen molar-refractivity contribution in [2.24, 2.45) is 11.1 Å². The van der Waals surface area contributed by atoms with Gasteiger partial charge in [-0.05, 0) is 61.2 Å². The fourth-order valence-corrected chi connectivity index (χ4v) is 5.48. The molecule has 1 atom stereocenters. The van der Waals surface area contributed by atoms with Gasteiger partial charge in [-0.3, -0.25) is 14.4 Å². The monoisotopic (exact) mass is 513 g/mol. The quantitative estimate of drug-likeness (QED) is 0.541. The van der Waals surface area contributed by atoms with Crippen LogP contribution in [-0.2, 0) is 30.8 Å². The third-order valence-corrected chi connectivity index (χ3v) is 7.89. The summed E-state index contributed by atoms with van der Waals surface area (Å²) in [4.78, 5) is 42.7. The molecule has 10 heteroatoms. The molecule has 2 aromatic carbocycles. The van der Waals surface area contributed by atoms with E-state index >= 15 is 0 Å². The van der Waals surface area contributed by atoms with Crippen molar-refractivity contribution in [1.82, 2.24) is 4.90 Å². The molecule has 1 saturated heterocycles. The van der Waals surface area contributed by atoms with Gasteiger partial charge in [0, 0.05) is 12.5 Å². The molecule has 1 aliphatic heterocycles. The highest BCUT2D eigenvalue weighted by Gasteiger charge is 2.45. The zero-order valence-corrected chi connectivity index (χ0v) is 21.1. The Balaban J connectivity index is 1.56. The van der Waals surface area contributed by atoms with Crippen molar-refractivity contribution < 1.29 is 27.5 Å². The Morgan fingerprint density at radius 1 is 1.03 bits per heavy atom. The molecule has 3 amide bonds. The van der Waals surface area contributed by atoms with Crippen molar-refractivity contribution in [1.29, 1.82) is 0 Å². The summed E-state index contributed by atoms with van der Waals surface area (Å²) in [6.45, 7) is 0.240. The fraction of sp³-hybridized carbons (Fsp3) is 0.423. The number of amides is 3. The van der Waals surface area contributed by atoms with E-state index in [1.165, 1.54) is 19.2 Å². The minimum absolute atomic E-state index is 0.00749. The fourth-order valence-electron chi connectivity index (χ4n) is 4.96. The molecule has 192 valence electrons. The summed E-state index contributed by atoms with van der Waals surface area (Å²) in [5.41, 5.74) is 1.24. The maximum absolute atomic E-state index is 13.6. The zero-order chi connectivity index (χ0) is 25.9. The van der Waals surface area contributed by atoms with E-state index < -0.39 is 22.0 Å². The smallest absolute Gasteiger partial charge is 0.257 e. The van der Waals surface area contributed by atoms with E-state index in [9.17, 15) is 22.8 Å². The predicted molar refractivity (Wildman–Crippen MR) is 134 cm³/mol. The van der Waals surface area contributed by atoms with Crippen LogP contribution in [0.4, 0.5) is 5.69 Å². The molecule has 0 radical (unpaired) electrons. The molecule has 1 heterocycles. The second-order valence-corrected chi connectivity index (χ2v) is 10.9. The number of primary sulfonamides is 1. The summed E-state index contributed by atoms with van der Waals surface area (Å²) in [7, 11) is -2.27. The number of carbonyl (C=O) groups excluding carboxylic acids is 3. The number of rotatable bonds is 8. The molecule has 0 bridgehead atoms. The van der Waals surface area contributed by atoms with Gasteiger partial charge in [-0.1, -0.05) is 31.4 Å². The molecule has 0 aromatic heterocycles. The van der Waals surface area contributed by atoms with Crippen LogP contribution >= 0.6 is 0 Å². The molecule has 1 saturated carbocycles. The van der Waals surface area contributed by atoms with Gasteiger partial charge in [-0.15, -0.1) is 0 Å². The van der Waals surface area contributed by atoms with Crippen LogP contribution in [0.1, 0.15) is 44.1 Å². The van der Waals surface area contributed by atoms with E-state index in [0.29, 0.717) is 17.9 Å². The molecule has 4 rings (SSSR count). The lowest BCUT2D eigenvalue weighted by Gasteiger charge is -2.32. The van der Waals surface area contributed by atoms with Crippen molar-refractivity contribution in [3.8, 4) is 5.75 Å². The molecule has 2 N–H and O–H groups in total. The maximum atomic E-state index is 13.6. The molecule has 1 unspecified atom stereocenters. The van der Waals surface area contributed by atoms with Crippen molar-refractivity contribution >= 4 is 33.4 Å². The zero-order valence-electron chi connectivity index (χ0n) is 20.3. The van der Waals surface area contributed by atoms with Crippen LogP contribution in [-0.4, -0.2) is 50.7 Å². The first kappa shape index (κ1) is 25.8. The molecular formula is C26H31N3O6S. The molecule has 0 spiro atoms. The number of ether oxygens (including phenoxy) is 1. The lowest BCUT2D eigenvalue weighted by atomic mass is 9.87. The Morgan fingerprint density at radius 2 is 1.67 bits per heavy atom. The molecule has 2 aromatic rings. The number of sulfonamides is 1. The minimum atomic E-state index is -3.80. The number of anilines is 1. The minimum Gasteiger partial charge on any atom is -0.497 e. The average Bonchev–Trinajstić information content (AvgIpc) is 3.17. The number of nitrogens with zero attached hydrogens (tertiary/aromatic N) is 2. The highest BCUT2D eigenvalue weighted by Crippen LogP contribution is 2.31. The Morgan fingerprint density at radius 3 is 2.25 bits per heavy atom. The van der Waals surface area contributed by atoms with Crippen LogP contribution in [0.5, 0.6) is 5.75 Å². The van der Waals surface area contributed by atoms with E-state index in [1.807, 2.05) is 0 Å². The van der Waals surface area contributed by atoms with E-state index in [4.69, 9.17) is 9.88 Å². The van der Waals surface area contributed by atoms with Gasteiger partial charge in [0.2, 0.25) is 21.8 Å². The summed E-state index contributed by atoms with van der Waals surface area (Å²) in [5.74, 6) is -0.426. The van der Waals surface area contributed by atoms with E-state index in [-0.39, 0.29) is 35.6 Å². The van der Waals surface area contributed by atoms with E-state index in [1.54, 1.807) is 41.3 Å². The first-order valence-electron chi connectivity index (χ1n) is 12.1. The Labute approximate surface area is 211 Å². The first-order valence-corrected chi connectivity index (χ1v) is 13.7. The van der Waals surface area contributed by atoms with Crippen molar-refractivity contribution in [3.05, 3.63) is 54.1 Å². The van der Waals surface area contributed by atoms with Crippen molar-refractivity contribution in [2.45, 2.75) is 55.9 Å². The lowest BCUT2D eigenvalue weighted by molar-refractivity contribution is -0.142. The first-order chi connectivity index (χ1) is 17.2. The summed E-state index contributed by atoms with van der Waals surface area (Å²) in [6.07, 6.45) is 4.90. The second-order valence-electron chi connectivity index (χ2n) is 9.29. The number of imide groups is 1. The Bertz CT molecular complexity index is 1220. The van der Waals surface area contributed by atoms with Gasteiger partial charge in [0.15, 0.2) is 0 Å². The number of carbonyl (C=O) groups is 3. The van der Waals surface area contributed by atoms with Crippen LogP contribution in [0, 0.1) is 5.92 Å². The van der Waals surface area contributed by atoms with E-state index in [2.05, 4.69) is 0 Å². The van der Waals surface area contributed by atoms with E-state index in [0.717, 1.165) is 42.6 Å². The number of hydrogen-bond donors (Lipinski definition) is 1. The summed E-state index contributed by atoms with van der Waals surface area (Å²) < 4.78 is 28.2. The Hall–Kier alpha value is -3.24. The van der Waals surface area contributed by atoms with Gasteiger partial charge in [0.25, 0.3) is 5.91 Å². The molecule has 1 aliphatic carbocycles. The largest absolute Gasteiger partial charge is 0.497 e. The van der Waals surface area contributed by atoms with Crippen LogP contribution < -0.4 is 14.8 Å². The average molecular weight is 514 g/mol. The number of benzene rings is 2. The standard InChI is InChI=1S/C26H31N3O6S/c1-35-21-11-9-20(10-12-21)29-24(30)17-23(26(29)32)28(25(31)19-5-3-2-4-6-19)16-15-18-7-13-22(14-8-18)36(27,33)34/h7-14,19,23H,2-6,15-17H2,1H3,(H2,27,33,34). The molecular weight excluding hydrogens is 482 g/mol. The number of methoxy groups -OCH3 is 1. The normalized spacial score (nSPS) is 18.9. The topological polar surface area (TPSA) is 127 Å². The van der Waals surface area contributed by atoms with Gasteiger partial charge in [0.05, 0.1) is 24.1 Å². The third kappa shape index (κ3) is 5.60. The van der Waals surface area contributed by atoms with Crippen LogP contribution in [0.3, 0.4) is 0 Å². The maximum Gasteiger partial charge on any atom is 0.257 e. The summed E-state index contributed by atoms with van der Waals surface area (Å²) >= 11 is 0. The van der Waals surface area contributed by atoms with Gasteiger partial charge in [-0.25, -0.2) is 18.5 Å². The SMILES string of the molecule is COc1ccc(N2C(=O)CC(N(CCc3ccc(S(N)(=O)=O)cc3)C(=O)C3CCCCC3)C2=O)cc1. The van der Waals surface area contributed by atoms with Crippen molar-refractivity contribution in [3.63, 3.8) is 0 Å². The number of hydrogen-bond acceptors (Lipinski definition) is 6. The van der Waals surface area contributed by atoms with Crippen LogP contribution in [0.15, 0.2) is 53.4 Å². The predicted octanol–water partition coefficient (Wildman–Crippen LogP) is 2.63. The summed E-state index contributed by atoms with van der Waals surface area (Å²) in [6, 6.07) is 11.9. The number of nitrogens with two attached hydrogens (primary N) is 1. The molecule has 9 nitrogen and oxygen atoms in total. The van der Waals surface area contributed by atoms with Crippen molar-refractivity contribution in [2.75, 3.05) is 18.6 Å². The highest BCUT2D eigenvalue weighted by molar-refractivity contribution is 7.89. The molecule has 36 heavy (non-hydrogen) atoms. The van der Waals surface area contributed by atoms with Crippen LogP contribution in [0.25, 0.3) is 0 Å². The van der Waals surface area contributed by atoms with Gasteiger partial charge < -0.3 is 9.64 Å². The van der Waals surface area contributed by atoms with Gasteiger partial charge >= 0.3 is 0 Å².